The van der Waals surface area contributed by atoms with Gasteiger partial charge in [0.25, 0.3) is 0 Å². The van der Waals surface area contributed by atoms with E-state index in [1.165, 1.54) is 66.3 Å². The first-order valence-corrected chi connectivity index (χ1v) is 21.2. The Morgan fingerprint density at radius 3 is 1.48 bits per heavy atom. The summed E-state index contributed by atoms with van der Waals surface area (Å²) in [6, 6.07) is 78.5. The van der Waals surface area contributed by atoms with Crippen LogP contribution in [0.3, 0.4) is 0 Å². The molecule has 0 bridgehead atoms. The van der Waals surface area contributed by atoms with E-state index in [9.17, 15) is 0 Å². The molecule has 288 valence electrons. The molecule has 9 aromatic carbocycles. The molecule has 0 radical (unpaired) electrons. The van der Waals surface area contributed by atoms with Crippen LogP contribution in [0.1, 0.15) is 22.3 Å². The molecule has 4 heteroatoms. The molecule has 1 aliphatic carbocycles. The number of hydrogen-bond donors (Lipinski definition) is 0. The molecule has 4 nitrogen and oxygen atoms in total. The van der Waals surface area contributed by atoms with Gasteiger partial charge in [0, 0.05) is 27.5 Å². The molecule has 13 rings (SSSR count). The average Bonchev–Trinajstić information content (AvgIpc) is 3.85. The summed E-state index contributed by atoms with van der Waals surface area (Å²) in [5, 5.41) is 2.49. The van der Waals surface area contributed by atoms with E-state index < -0.39 is 5.41 Å². The molecular weight excluding hydrogens is 753 g/mol. The normalized spacial score (nSPS) is 13.0. The monoisotopic (exact) mass is 788 g/mol. The summed E-state index contributed by atoms with van der Waals surface area (Å²) >= 11 is 0. The molecule has 62 heavy (non-hydrogen) atoms. The minimum atomic E-state index is -0.524. The molecular formula is C58H36N4. The Morgan fingerprint density at radius 1 is 0.306 bits per heavy atom. The lowest BCUT2D eigenvalue weighted by atomic mass is 9.65. The minimum absolute atomic E-state index is 0.524. The molecule has 0 amide bonds. The van der Waals surface area contributed by atoms with Crippen molar-refractivity contribution in [2.45, 2.75) is 5.41 Å². The highest BCUT2D eigenvalue weighted by Crippen LogP contribution is 2.61. The first-order chi connectivity index (χ1) is 30.7. The quantitative estimate of drug-likeness (QED) is 0.174. The lowest BCUT2D eigenvalue weighted by molar-refractivity contribution is 0.748. The number of nitrogens with zero attached hydrogens (tertiary/aromatic N) is 4. The van der Waals surface area contributed by atoms with Crippen LogP contribution in [-0.2, 0) is 5.41 Å². The first kappa shape index (κ1) is 34.6. The Labute approximate surface area is 359 Å². The van der Waals surface area contributed by atoms with Gasteiger partial charge in [0.05, 0.1) is 22.1 Å². The van der Waals surface area contributed by atoms with Gasteiger partial charge < -0.3 is 4.57 Å². The van der Waals surface area contributed by atoms with Gasteiger partial charge in [-0.1, -0.05) is 200 Å². The Hall–Kier alpha value is -8.21. The van der Waals surface area contributed by atoms with Gasteiger partial charge in [0.1, 0.15) is 0 Å². The topological polar surface area (TPSA) is 43.6 Å². The summed E-state index contributed by atoms with van der Waals surface area (Å²) in [5.41, 5.74) is 18.2. The summed E-state index contributed by atoms with van der Waals surface area (Å²) in [5.74, 6) is 1.89. The third-order valence-corrected chi connectivity index (χ3v) is 13.1. The molecule has 0 saturated carbocycles. The zero-order chi connectivity index (χ0) is 40.8. The number of hydrogen-bond acceptors (Lipinski definition) is 3. The van der Waals surface area contributed by atoms with E-state index in [2.05, 4.69) is 205 Å². The van der Waals surface area contributed by atoms with Gasteiger partial charge in [-0.15, -0.1) is 0 Å². The maximum Gasteiger partial charge on any atom is 0.164 e. The molecule has 3 heterocycles. The van der Waals surface area contributed by atoms with E-state index in [0.717, 1.165) is 33.5 Å². The van der Waals surface area contributed by atoms with E-state index in [1.807, 2.05) is 18.2 Å². The van der Waals surface area contributed by atoms with Crippen LogP contribution in [0.15, 0.2) is 218 Å². The third-order valence-electron chi connectivity index (χ3n) is 13.1. The second-order valence-electron chi connectivity index (χ2n) is 16.3. The Kier molecular flexibility index (Phi) is 7.49. The number of fused-ring (bicyclic) bond motifs is 12. The third kappa shape index (κ3) is 4.98. The predicted octanol–water partition coefficient (Wildman–Crippen LogP) is 14.0. The van der Waals surface area contributed by atoms with Gasteiger partial charge in [-0.2, -0.15) is 0 Å². The van der Waals surface area contributed by atoms with Crippen molar-refractivity contribution >= 4 is 21.8 Å². The predicted molar refractivity (Wildman–Crippen MR) is 252 cm³/mol. The summed E-state index contributed by atoms with van der Waals surface area (Å²) in [6.45, 7) is 0. The molecule has 1 spiro atoms. The number of aromatic nitrogens is 4. The van der Waals surface area contributed by atoms with Gasteiger partial charge in [-0.05, 0) is 73.8 Å². The molecule has 0 atom stereocenters. The Morgan fingerprint density at radius 2 is 0.774 bits per heavy atom. The summed E-state index contributed by atoms with van der Waals surface area (Å²) < 4.78 is 2.49. The minimum Gasteiger partial charge on any atom is -0.309 e. The van der Waals surface area contributed by atoms with Crippen LogP contribution in [0.2, 0.25) is 0 Å². The molecule has 1 aliphatic heterocycles. The fraction of sp³-hybridized carbons (Fsp3) is 0.0172. The van der Waals surface area contributed by atoms with E-state index in [-0.39, 0.29) is 0 Å². The van der Waals surface area contributed by atoms with Crippen molar-refractivity contribution in [3.8, 4) is 73.2 Å². The van der Waals surface area contributed by atoms with Gasteiger partial charge in [-0.3, -0.25) is 0 Å². The van der Waals surface area contributed by atoms with Crippen molar-refractivity contribution in [3.05, 3.63) is 241 Å². The van der Waals surface area contributed by atoms with Crippen LogP contribution in [0.25, 0.3) is 95.0 Å². The van der Waals surface area contributed by atoms with Crippen molar-refractivity contribution in [2.24, 2.45) is 0 Å². The van der Waals surface area contributed by atoms with Crippen molar-refractivity contribution in [2.75, 3.05) is 0 Å². The van der Waals surface area contributed by atoms with Crippen LogP contribution in [0.5, 0.6) is 0 Å². The molecule has 0 unspecified atom stereocenters. The highest BCUT2D eigenvalue weighted by atomic mass is 15.0. The van der Waals surface area contributed by atoms with Gasteiger partial charge in [0.15, 0.2) is 17.5 Å². The second kappa shape index (κ2) is 13.4. The van der Waals surface area contributed by atoms with Gasteiger partial charge in [-0.25, -0.2) is 15.0 Å². The molecule has 0 N–H and O–H groups in total. The van der Waals surface area contributed by atoms with E-state index >= 15 is 0 Å². The highest BCUT2D eigenvalue weighted by Gasteiger charge is 2.50. The van der Waals surface area contributed by atoms with Gasteiger partial charge >= 0.3 is 0 Å². The Bertz CT molecular complexity index is 3520. The van der Waals surface area contributed by atoms with Crippen molar-refractivity contribution in [1.82, 2.24) is 19.5 Å². The highest BCUT2D eigenvalue weighted by molar-refractivity contribution is 6.13. The van der Waals surface area contributed by atoms with Crippen molar-refractivity contribution in [3.63, 3.8) is 0 Å². The van der Waals surface area contributed by atoms with Crippen LogP contribution < -0.4 is 0 Å². The molecule has 11 aromatic rings. The molecule has 2 aliphatic rings. The number of rotatable bonds is 5. The summed E-state index contributed by atoms with van der Waals surface area (Å²) in [4.78, 5) is 15.7. The Balaban J connectivity index is 1.03. The van der Waals surface area contributed by atoms with Crippen LogP contribution in [0.4, 0.5) is 0 Å². The second-order valence-corrected chi connectivity index (χ2v) is 16.3. The maximum atomic E-state index is 5.31. The zero-order valence-corrected chi connectivity index (χ0v) is 33.6. The number of benzene rings is 9. The lowest BCUT2D eigenvalue weighted by Crippen LogP contribution is -2.33. The van der Waals surface area contributed by atoms with E-state index in [4.69, 9.17) is 15.0 Å². The van der Waals surface area contributed by atoms with Crippen LogP contribution in [-0.4, -0.2) is 19.5 Å². The smallest absolute Gasteiger partial charge is 0.164 e. The SMILES string of the molecule is c1ccc(-c2ccc(-c3cccc(-c4nc(-c5ccccc5)nc(-c5ccc6c(c5)-n5c7ccccc7c7cccc(c75)C65c6ccccc6-c6ccccc65)n4)c3)cc2)cc1. The first-order valence-electron chi connectivity index (χ1n) is 21.2. The van der Waals surface area contributed by atoms with Crippen LogP contribution >= 0.6 is 0 Å². The zero-order valence-electron chi connectivity index (χ0n) is 33.6. The average molecular weight is 789 g/mol. The fourth-order valence-corrected chi connectivity index (χ4v) is 10.4. The molecule has 2 aromatic heterocycles. The van der Waals surface area contributed by atoms with Crippen molar-refractivity contribution < 1.29 is 0 Å². The maximum absolute atomic E-state index is 5.31. The number of para-hydroxylation sites is 2. The van der Waals surface area contributed by atoms with Crippen molar-refractivity contribution in [1.29, 1.82) is 0 Å². The standard InChI is InChI=1S/C58H36N4/c1-3-15-37(16-4-1)38-29-31-39(32-30-38)41-19-13-20-42(35-41)56-59-55(40-17-5-2-6-18-40)60-57(61-56)43-33-34-50-53(36-43)62-52-28-12-9-23-46(52)47-24-14-27-51(54(47)62)58(50)48-25-10-7-21-44(48)45-22-8-11-26-49(45)58/h1-36H. The van der Waals surface area contributed by atoms with Gasteiger partial charge in [0.2, 0.25) is 0 Å². The van der Waals surface area contributed by atoms with E-state index in [1.54, 1.807) is 0 Å². The largest absolute Gasteiger partial charge is 0.309 e. The summed E-state index contributed by atoms with van der Waals surface area (Å²) in [6.07, 6.45) is 0. The van der Waals surface area contributed by atoms with E-state index in [0.29, 0.717) is 17.5 Å². The fourth-order valence-electron chi connectivity index (χ4n) is 10.4. The van der Waals surface area contributed by atoms with Crippen LogP contribution in [0, 0.1) is 0 Å². The summed E-state index contributed by atoms with van der Waals surface area (Å²) in [7, 11) is 0. The molecule has 0 fully saturated rings. The molecule has 0 saturated heterocycles. The lowest BCUT2D eigenvalue weighted by Gasteiger charge is -2.39.